The number of nitrogens with two attached hydrogens (primary N) is 2. The topological polar surface area (TPSA) is 92.0 Å². The lowest BCUT2D eigenvalue weighted by Gasteiger charge is -2.18. The van der Waals surface area contributed by atoms with Gasteiger partial charge in [0.1, 0.15) is 11.3 Å². The Balaban J connectivity index is 2.36. The van der Waals surface area contributed by atoms with Gasteiger partial charge in [0.25, 0.3) is 0 Å². The summed E-state index contributed by atoms with van der Waals surface area (Å²) in [5, 5.41) is 0. The molecule has 0 spiro atoms. The number of aromatic nitrogens is 3. The molecule has 0 radical (unpaired) electrons. The number of hydrogen-bond acceptors (Lipinski definition) is 5. The van der Waals surface area contributed by atoms with E-state index in [0.717, 1.165) is 34.5 Å². The summed E-state index contributed by atoms with van der Waals surface area (Å²) < 4.78 is 7.80. The van der Waals surface area contributed by atoms with E-state index in [1.54, 1.807) is 0 Å². The molecule has 0 aliphatic carbocycles. The number of pyridine rings is 1. The van der Waals surface area contributed by atoms with E-state index in [-0.39, 0.29) is 6.04 Å². The summed E-state index contributed by atoms with van der Waals surface area (Å²) in [7, 11) is 0. The minimum absolute atomic E-state index is 0.113. The fourth-order valence-corrected chi connectivity index (χ4v) is 2.71. The van der Waals surface area contributed by atoms with Crippen molar-refractivity contribution in [3.05, 3.63) is 17.1 Å². The number of ether oxygens (including phenoxy) is 1. The third-order valence-electron chi connectivity index (χ3n) is 3.83. The number of rotatable bonds is 1. The van der Waals surface area contributed by atoms with E-state index in [1.807, 2.05) is 6.92 Å². The number of hydrogen-bond donors (Lipinski definition) is 2. The van der Waals surface area contributed by atoms with Crippen molar-refractivity contribution in [2.24, 2.45) is 5.73 Å². The molecular formula is C13H19N5O. The first-order valence-electron chi connectivity index (χ1n) is 6.54. The molecule has 1 aliphatic rings. The summed E-state index contributed by atoms with van der Waals surface area (Å²) in [5.41, 5.74) is 15.8. The Bertz CT molecular complexity index is 634. The van der Waals surface area contributed by atoms with Gasteiger partial charge in [0.15, 0.2) is 5.82 Å². The maximum atomic E-state index is 6.01. The molecular weight excluding hydrogens is 242 g/mol. The van der Waals surface area contributed by atoms with Crippen molar-refractivity contribution in [3.8, 4) is 0 Å². The molecule has 0 aromatic carbocycles. The standard InChI is InChI=1S/C13H19N5O/c1-7-8(2)16-13(15)11-12(7)18-9(5-14)6-19-4-3-10(18)17-11/h9H,3-6,14H2,1-2H3,(H2,15,16)/t9-/m0/s1. The summed E-state index contributed by atoms with van der Waals surface area (Å²) >= 11 is 0. The molecule has 0 bridgehead atoms. The lowest BCUT2D eigenvalue weighted by molar-refractivity contribution is 0.121. The van der Waals surface area contributed by atoms with Gasteiger partial charge < -0.3 is 20.8 Å². The van der Waals surface area contributed by atoms with Crippen molar-refractivity contribution < 1.29 is 4.74 Å². The normalized spacial score (nSPS) is 19.4. The fraction of sp³-hybridized carbons (Fsp3) is 0.538. The van der Waals surface area contributed by atoms with Crippen molar-refractivity contribution in [3.63, 3.8) is 0 Å². The van der Waals surface area contributed by atoms with Gasteiger partial charge in [-0.05, 0) is 19.4 Å². The SMILES string of the molecule is Cc1nc(N)c2nc3n(c2c1C)[C@@H](CN)COCC3. The molecule has 0 saturated carbocycles. The van der Waals surface area contributed by atoms with E-state index in [2.05, 4.69) is 21.5 Å². The highest BCUT2D eigenvalue weighted by Crippen LogP contribution is 2.30. The third kappa shape index (κ3) is 1.79. The van der Waals surface area contributed by atoms with E-state index < -0.39 is 0 Å². The van der Waals surface area contributed by atoms with E-state index in [0.29, 0.717) is 25.6 Å². The van der Waals surface area contributed by atoms with Crippen LogP contribution >= 0.6 is 0 Å². The van der Waals surface area contributed by atoms with Gasteiger partial charge in [-0.3, -0.25) is 0 Å². The van der Waals surface area contributed by atoms with Gasteiger partial charge >= 0.3 is 0 Å². The minimum Gasteiger partial charge on any atom is -0.382 e. The predicted molar refractivity (Wildman–Crippen MR) is 74.0 cm³/mol. The highest BCUT2D eigenvalue weighted by molar-refractivity contribution is 5.88. The molecule has 102 valence electrons. The van der Waals surface area contributed by atoms with Gasteiger partial charge in [0, 0.05) is 18.7 Å². The minimum atomic E-state index is 0.113. The van der Waals surface area contributed by atoms with Crippen molar-refractivity contribution in [1.82, 2.24) is 14.5 Å². The smallest absolute Gasteiger partial charge is 0.151 e. The average Bonchev–Trinajstić information content (AvgIpc) is 2.65. The van der Waals surface area contributed by atoms with E-state index in [1.165, 1.54) is 0 Å². The van der Waals surface area contributed by atoms with Crippen LogP contribution in [-0.4, -0.2) is 34.3 Å². The van der Waals surface area contributed by atoms with Crippen molar-refractivity contribution >= 4 is 16.9 Å². The van der Waals surface area contributed by atoms with Gasteiger partial charge in [0.05, 0.1) is 24.8 Å². The summed E-state index contributed by atoms with van der Waals surface area (Å²) in [6.07, 6.45) is 0.781. The molecule has 0 amide bonds. The summed E-state index contributed by atoms with van der Waals surface area (Å²) in [4.78, 5) is 9.01. The van der Waals surface area contributed by atoms with E-state index in [9.17, 15) is 0 Å². The van der Waals surface area contributed by atoms with Crippen LogP contribution in [-0.2, 0) is 11.2 Å². The number of fused-ring (bicyclic) bond motifs is 3. The van der Waals surface area contributed by atoms with Crippen molar-refractivity contribution in [2.75, 3.05) is 25.5 Å². The zero-order valence-electron chi connectivity index (χ0n) is 11.3. The molecule has 6 nitrogen and oxygen atoms in total. The van der Waals surface area contributed by atoms with Crippen LogP contribution in [0.4, 0.5) is 5.82 Å². The molecule has 2 aromatic heterocycles. The van der Waals surface area contributed by atoms with Crippen LogP contribution in [0.3, 0.4) is 0 Å². The number of nitrogen functional groups attached to an aromatic ring is 1. The van der Waals surface area contributed by atoms with Crippen LogP contribution in [0.1, 0.15) is 23.1 Å². The second-order valence-electron chi connectivity index (χ2n) is 5.02. The first kappa shape index (κ1) is 12.4. The van der Waals surface area contributed by atoms with Gasteiger partial charge in [-0.15, -0.1) is 0 Å². The molecule has 0 saturated heterocycles. The Kier molecular flexibility index (Phi) is 2.91. The number of aryl methyl sites for hydroxylation is 2. The molecule has 19 heavy (non-hydrogen) atoms. The molecule has 3 rings (SSSR count). The molecule has 2 aromatic rings. The monoisotopic (exact) mass is 261 g/mol. The molecule has 0 fully saturated rings. The second-order valence-corrected chi connectivity index (χ2v) is 5.02. The Morgan fingerprint density at radius 2 is 2.16 bits per heavy atom. The van der Waals surface area contributed by atoms with E-state index >= 15 is 0 Å². The first-order valence-corrected chi connectivity index (χ1v) is 6.54. The van der Waals surface area contributed by atoms with E-state index in [4.69, 9.17) is 16.2 Å². The largest absolute Gasteiger partial charge is 0.382 e. The highest BCUT2D eigenvalue weighted by Gasteiger charge is 2.24. The first-order chi connectivity index (χ1) is 9.13. The van der Waals surface area contributed by atoms with Crippen LogP contribution in [0.2, 0.25) is 0 Å². The molecule has 3 heterocycles. The maximum absolute atomic E-state index is 6.01. The Labute approximate surface area is 111 Å². The summed E-state index contributed by atoms with van der Waals surface area (Å²) in [6.45, 7) is 5.84. The average molecular weight is 261 g/mol. The van der Waals surface area contributed by atoms with Gasteiger partial charge in [-0.1, -0.05) is 0 Å². The predicted octanol–water partition coefficient (Wildman–Crippen LogP) is 0.703. The van der Waals surface area contributed by atoms with Crippen LogP contribution < -0.4 is 11.5 Å². The van der Waals surface area contributed by atoms with Crippen LogP contribution in [0, 0.1) is 13.8 Å². The quantitative estimate of drug-likeness (QED) is 0.788. The highest BCUT2D eigenvalue weighted by atomic mass is 16.5. The van der Waals surface area contributed by atoms with Crippen molar-refractivity contribution in [1.29, 1.82) is 0 Å². The Morgan fingerprint density at radius 3 is 2.89 bits per heavy atom. The van der Waals surface area contributed by atoms with Gasteiger partial charge in [-0.25, -0.2) is 9.97 Å². The lowest BCUT2D eigenvalue weighted by atomic mass is 10.1. The van der Waals surface area contributed by atoms with Gasteiger partial charge in [-0.2, -0.15) is 0 Å². The summed E-state index contributed by atoms with van der Waals surface area (Å²) in [6, 6.07) is 0.113. The fourth-order valence-electron chi connectivity index (χ4n) is 2.71. The maximum Gasteiger partial charge on any atom is 0.151 e. The van der Waals surface area contributed by atoms with Crippen LogP contribution in [0.5, 0.6) is 0 Å². The number of nitrogens with zero attached hydrogens (tertiary/aromatic N) is 3. The number of anilines is 1. The molecule has 1 aliphatic heterocycles. The number of imidazole rings is 1. The third-order valence-corrected chi connectivity index (χ3v) is 3.83. The Hall–Kier alpha value is -1.66. The zero-order chi connectivity index (χ0) is 13.6. The molecule has 0 unspecified atom stereocenters. The molecule has 4 N–H and O–H groups in total. The second kappa shape index (κ2) is 4.47. The summed E-state index contributed by atoms with van der Waals surface area (Å²) in [5.74, 6) is 1.49. The van der Waals surface area contributed by atoms with Crippen LogP contribution in [0.25, 0.3) is 11.0 Å². The van der Waals surface area contributed by atoms with Gasteiger partial charge in [0.2, 0.25) is 0 Å². The molecule has 1 atom stereocenters. The lowest BCUT2D eigenvalue weighted by Crippen LogP contribution is -2.23. The van der Waals surface area contributed by atoms with Crippen LogP contribution in [0.15, 0.2) is 0 Å². The van der Waals surface area contributed by atoms with Crippen molar-refractivity contribution in [2.45, 2.75) is 26.3 Å². The zero-order valence-corrected chi connectivity index (χ0v) is 11.3. The molecule has 6 heteroatoms. The Morgan fingerprint density at radius 1 is 1.37 bits per heavy atom.